The van der Waals surface area contributed by atoms with E-state index in [-0.39, 0.29) is 16.3 Å². The summed E-state index contributed by atoms with van der Waals surface area (Å²) in [4.78, 5) is 0. The van der Waals surface area contributed by atoms with E-state index in [0.717, 1.165) is 0 Å². The molecule has 0 amide bonds. The van der Waals surface area contributed by atoms with Gasteiger partial charge in [-0.25, -0.2) is 4.39 Å². The smallest absolute Gasteiger partial charge is 0.127 e. The topological polar surface area (TPSA) is 40.5 Å². The molecule has 15 heavy (non-hydrogen) atoms. The van der Waals surface area contributed by atoms with E-state index in [1.807, 2.05) is 0 Å². The van der Waals surface area contributed by atoms with Crippen LogP contribution in [0.1, 0.15) is 17.2 Å². The second kappa shape index (κ2) is 5.16. The highest BCUT2D eigenvalue weighted by Crippen LogP contribution is 2.29. The van der Waals surface area contributed by atoms with Crippen LogP contribution < -0.4 is 0 Å². The van der Waals surface area contributed by atoms with Crippen molar-refractivity contribution in [3.8, 4) is 0 Å². The van der Waals surface area contributed by atoms with E-state index in [1.165, 1.54) is 19.1 Å². The number of benzene rings is 1. The molecule has 0 saturated carbocycles. The molecule has 2 unspecified atom stereocenters. The van der Waals surface area contributed by atoms with Gasteiger partial charge >= 0.3 is 0 Å². The molecule has 0 spiro atoms. The molecule has 0 saturated heterocycles. The minimum absolute atomic E-state index is 0.105. The van der Waals surface area contributed by atoms with Crippen LogP contribution in [0.5, 0.6) is 0 Å². The minimum Gasteiger partial charge on any atom is -0.389 e. The Morgan fingerprint density at radius 1 is 1.47 bits per heavy atom. The van der Waals surface area contributed by atoms with Crippen LogP contribution in [0.2, 0.25) is 5.02 Å². The van der Waals surface area contributed by atoms with Gasteiger partial charge in [0.1, 0.15) is 11.9 Å². The average molecular weight is 251 g/mol. The van der Waals surface area contributed by atoms with E-state index in [0.29, 0.717) is 5.56 Å². The Morgan fingerprint density at radius 3 is 2.60 bits per heavy atom. The fourth-order valence-corrected chi connectivity index (χ4v) is 1.68. The first-order chi connectivity index (χ1) is 6.99. The molecule has 84 valence electrons. The third-order valence-corrected chi connectivity index (χ3v) is 3.10. The van der Waals surface area contributed by atoms with Gasteiger partial charge in [-0.15, -0.1) is 0 Å². The molecule has 0 aliphatic carbocycles. The Kier molecular flexibility index (Phi) is 4.40. The van der Waals surface area contributed by atoms with E-state index < -0.39 is 18.0 Å². The van der Waals surface area contributed by atoms with Gasteiger partial charge in [-0.05, 0) is 13.0 Å². The quantitative estimate of drug-likeness (QED) is 0.720. The zero-order valence-electron chi connectivity index (χ0n) is 8.11. The van der Waals surface area contributed by atoms with Crippen molar-refractivity contribution in [2.75, 3.05) is 5.75 Å². The molecule has 0 aliphatic heterocycles. The molecule has 2 atom stereocenters. The van der Waals surface area contributed by atoms with E-state index in [4.69, 9.17) is 11.6 Å². The summed E-state index contributed by atoms with van der Waals surface area (Å²) in [7, 11) is 0. The Hall–Kier alpha value is -0.290. The largest absolute Gasteiger partial charge is 0.389 e. The summed E-state index contributed by atoms with van der Waals surface area (Å²) in [5, 5.41) is 19.2. The highest BCUT2D eigenvalue weighted by atomic mass is 35.5. The normalized spacial score (nSPS) is 15.1. The Morgan fingerprint density at radius 2 is 2.07 bits per heavy atom. The molecular weight excluding hydrogens is 239 g/mol. The zero-order valence-corrected chi connectivity index (χ0v) is 9.76. The first-order valence-electron chi connectivity index (χ1n) is 4.40. The number of hydrogen-bond acceptors (Lipinski definition) is 3. The summed E-state index contributed by atoms with van der Waals surface area (Å²) in [5.41, 5.74) is 0.580. The molecule has 2 nitrogen and oxygen atoms in total. The second-order valence-electron chi connectivity index (χ2n) is 3.27. The van der Waals surface area contributed by atoms with Gasteiger partial charge in [0.05, 0.1) is 11.1 Å². The average Bonchev–Trinajstić information content (AvgIpc) is 2.24. The maximum absolute atomic E-state index is 13.1. The monoisotopic (exact) mass is 250 g/mol. The van der Waals surface area contributed by atoms with Crippen molar-refractivity contribution in [1.29, 1.82) is 0 Å². The van der Waals surface area contributed by atoms with Crippen LogP contribution in [0, 0.1) is 12.7 Å². The van der Waals surface area contributed by atoms with Crippen LogP contribution in [-0.2, 0) is 0 Å². The predicted molar refractivity (Wildman–Crippen MR) is 61.0 cm³/mol. The molecule has 0 radical (unpaired) electrons. The van der Waals surface area contributed by atoms with E-state index in [2.05, 4.69) is 12.6 Å². The third kappa shape index (κ3) is 2.64. The van der Waals surface area contributed by atoms with Crippen molar-refractivity contribution >= 4 is 24.2 Å². The molecule has 1 aromatic carbocycles. The summed E-state index contributed by atoms with van der Waals surface area (Å²) >= 11 is 9.72. The lowest BCUT2D eigenvalue weighted by molar-refractivity contribution is 0.0337. The van der Waals surface area contributed by atoms with Crippen LogP contribution in [0.25, 0.3) is 0 Å². The summed E-state index contributed by atoms with van der Waals surface area (Å²) in [6, 6.07) is 2.58. The molecule has 0 bridgehead atoms. The van der Waals surface area contributed by atoms with Crippen LogP contribution >= 0.6 is 24.2 Å². The van der Waals surface area contributed by atoms with E-state index in [9.17, 15) is 14.6 Å². The van der Waals surface area contributed by atoms with Gasteiger partial charge < -0.3 is 10.2 Å². The molecular formula is C10H12ClFO2S. The van der Waals surface area contributed by atoms with Gasteiger partial charge in [-0.3, -0.25) is 0 Å². The molecule has 1 rings (SSSR count). The lowest BCUT2D eigenvalue weighted by atomic mass is 10.0. The van der Waals surface area contributed by atoms with Crippen LogP contribution in [0.15, 0.2) is 12.1 Å². The lowest BCUT2D eigenvalue weighted by Crippen LogP contribution is -2.20. The van der Waals surface area contributed by atoms with Gasteiger partial charge in [-0.1, -0.05) is 17.7 Å². The number of hydrogen-bond donors (Lipinski definition) is 3. The van der Waals surface area contributed by atoms with Crippen LogP contribution in [0.4, 0.5) is 4.39 Å². The van der Waals surface area contributed by atoms with Crippen molar-refractivity contribution in [1.82, 2.24) is 0 Å². The number of aliphatic hydroxyl groups excluding tert-OH is 2. The first kappa shape index (κ1) is 12.8. The molecule has 5 heteroatoms. The predicted octanol–water partition coefficient (Wildman–Crippen LogP) is 2.11. The highest BCUT2D eigenvalue weighted by molar-refractivity contribution is 7.80. The van der Waals surface area contributed by atoms with Crippen molar-refractivity contribution in [2.45, 2.75) is 19.1 Å². The summed E-state index contributed by atoms with van der Waals surface area (Å²) < 4.78 is 13.1. The molecule has 0 heterocycles. The van der Waals surface area contributed by atoms with Crippen molar-refractivity contribution in [3.05, 3.63) is 34.1 Å². The summed E-state index contributed by atoms with van der Waals surface area (Å²) in [5.74, 6) is -0.329. The van der Waals surface area contributed by atoms with Gasteiger partial charge in [0.2, 0.25) is 0 Å². The van der Waals surface area contributed by atoms with Gasteiger partial charge in [-0.2, -0.15) is 12.6 Å². The van der Waals surface area contributed by atoms with Crippen molar-refractivity contribution < 1.29 is 14.6 Å². The Bertz CT molecular complexity index is 360. The molecule has 1 aromatic rings. The standard InChI is InChI=1S/C10H12ClFO2S/c1-5-7(12)3-2-6(9(5)11)10(14)8(13)4-15/h2-3,8,10,13-15H,4H2,1H3. The molecule has 0 aliphatic rings. The maximum atomic E-state index is 13.1. The molecule has 2 N–H and O–H groups in total. The minimum atomic E-state index is -1.14. The number of thiol groups is 1. The maximum Gasteiger partial charge on any atom is 0.127 e. The SMILES string of the molecule is Cc1c(F)ccc(C(O)C(O)CS)c1Cl. The Labute approximate surface area is 98.1 Å². The number of aliphatic hydroxyl groups is 2. The number of halogens is 2. The van der Waals surface area contributed by atoms with Gasteiger partial charge in [0.15, 0.2) is 0 Å². The lowest BCUT2D eigenvalue weighted by Gasteiger charge is -2.18. The second-order valence-corrected chi connectivity index (χ2v) is 4.01. The number of rotatable bonds is 3. The fourth-order valence-electron chi connectivity index (χ4n) is 1.22. The van der Waals surface area contributed by atoms with E-state index in [1.54, 1.807) is 0 Å². The third-order valence-electron chi connectivity index (χ3n) is 2.22. The first-order valence-corrected chi connectivity index (χ1v) is 5.41. The van der Waals surface area contributed by atoms with E-state index >= 15 is 0 Å². The van der Waals surface area contributed by atoms with Gasteiger partial charge in [0.25, 0.3) is 0 Å². The fraction of sp³-hybridized carbons (Fsp3) is 0.400. The van der Waals surface area contributed by atoms with Crippen molar-refractivity contribution in [2.24, 2.45) is 0 Å². The Balaban J connectivity index is 3.10. The summed E-state index contributed by atoms with van der Waals surface area (Å²) in [6.45, 7) is 1.51. The zero-order chi connectivity index (χ0) is 11.6. The highest BCUT2D eigenvalue weighted by Gasteiger charge is 2.21. The molecule has 0 aromatic heterocycles. The van der Waals surface area contributed by atoms with Crippen LogP contribution in [0.3, 0.4) is 0 Å². The summed E-state index contributed by atoms with van der Waals surface area (Å²) in [6.07, 6.45) is -2.16. The van der Waals surface area contributed by atoms with Crippen molar-refractivity contribution in [3.63, 3.8) is 0 Å². The van der Waals surface area contributed by atoms with Gasteiger partial charge in [0, 0.05) is 16.9 Å². The molecule has 0 fully saturated rings. The van der Waals surface area contributed by atoms with Crippen LogP contribution in [-0.4, -0.2) is 22.1 Å².